The molecule has 6 heteroatoms. The summed E-state index contributed by atoms with van der Waals surface area (Å²) in [7, 11) is -1.64. The van der Waals surface area contributed by atoms with Gasteiger partial charge in [-0.05, 0) is 43.3 Å². The first-order valence-electron chi connectivity index (χ1n) is 8.54. The van der Waals surface area contributed by atoms with Crippen LogP contribution in [0.25, 0.3) is 11.2 Å². The van der Waals surface area contributed by atoms with E-state index < -0.39 is 8.32 Å². The molecular formula is C17H28N4OSi. The standard InChI is InChI=1S/C17H28N4OSi/c1-17(2,3)23(4,5)22-10-13-6-7-14(8-13)21-12-20-15-9-18-11-19-16(15)21/h9,11-14H,6-8,10H2,1-5H3/t13-,14+/m1/s1. The number of hydrogen-bond donors (Lipinski definition) is 0. The maximum absolute atomic E-state index is 6.42. The normalized spacial score (nSPS) is 22.8. The molecule has 1 aliphatic carbocycles. The van der Waals surface area contributed by atoms with Gasteiger partial charge in [0.05, 0.1) is 12.5 Å². The SMILES string of the molecule is CC(C)(C)[Si](C)(C)OC[C@@H]1CC[C@H](n2cnc3cncnc32)C1. The molecule has 0 amide bonds. The zero-order valence-corrected chi connectivity index (χ0v) is 15.9. The van der Waals surface area contributed by atoms with Gasteiger partial charge in [0, 0.05) is 12.6 Å². The van der Waals surface area contributed by atoms with Crippen LogP contribution in [0.3, 0.4) is 0 Å². The summed E-state index contributed by atoms with van der Waals surface area (Å²) < 4.78 is 8.64. The molecule has 5 nitrogen and oxygen atoms in total. The predicted molar refractivity (Wildman–Crippen MR) is 94.9 cm³/mol. The van der Waals surface area contributed by atoms with Gasteiger partial charge in [0.25, 0.3) is 0 Å². The Balaban J connectivity index is 1.63. The fraction of sp³-hybridized carbons (Fsp3) is 0.706. The minimum absolute atomic E-state index is 0.280. The summed E-state index contributed by atoms with van der Waals surface area (Å²) >= 11 is 0. The van der Waals surface area contributed by atoms with Crippen LogP contribution in [-0.2, 0) is 4.43 Å². The first-order chi connectivity index (χ1) is 10.8. The summed E-state index contributed by atoms with van der Waals surface area (Å²) in [6.07, 6.45) is 8.87. The molecule has 2 heterocycles. The largest absolute Gasteiger partial charge is 0.417 e. The number of rotatable bonds is 4. The first-order valence-corrected chi connectivity index (χ1v) is 11.5. The molecule has 0 bridgehead atoms. The van der Waals surface area contributed by atoms with Gasteiger partial charge in [-0.25, -0.2) is 15.0 Å². The number of fused-ring (bicyclic) bond motifs is 1. The van der Waals surface area contributed by atoms with Gasteiger partial charge in [0.1, 0.15) is 11.8 Å². The molecular weight excluding hydrogens is 304 g/mol. The lowest BCUT2D eigenvalue weighted by atomic mass is 10.1. The van der Waals surface area contributed by atoms with Gasteiger partial charge in [0.15, 0.2) is 14.0 Å². The van der Waals surface area contributed by atoms with Crippen LogP contribution in [0.1, 0.15) is 46.1 Å². The van der Waals surface area contributed by atoms with Crippen molar-refractivity contribution in [1.82, 2.24) is 19.5 Å². The number of nitrogens with zero attached hydrogens (tertiary/aromatic N) is 4. The van der Waals surface area contributed by atoms with Crippen molar-refractivity contribution in [2.24, 2.45) is 5.92 Å². The molecule has 0 aromatic carbocycles. The lowest BCUT2D eigenvalue weighted by Gasteiger charge is -2.37. The van der Waals surface area contributed by atoms with Crippen LogP contribution in [0.4, 0.5) is 0 Å². The monoisotopic (exact) mass is 332 g/mol. The van der Waals surface area contributed by atoms with E-state index in [1.54, 1.807) is 12.5 Å². The van der Waals surface area contributed by atoms with E-state index in [1.165, 1.54) is 12.8 Å². The van der Waals surface area contributed by atoms with Crippen molar-refractivity contribution < 1.29 is 4.43 Å². The van der Waals surface area contributed by atoms with Gasteiger partial charge in [-0.1, -0.05) is 20.8 Å². The minimum Gasteiger partial charge on any atom is -0.417 e. The number of imidazole rings is 1. The van der Waals surface area contributed by atoms with Crippen LogP contribution in [0.15, 0.2) is 18.9 Å². The van der Waals surface area contributed by atoms with E-state index in [1.807, 2.05) is 6.33 Å². The molecule has 0 N–H and O–H groups in total. The number of aromatic nitrogens is 4. The van der Waals surface area contributed by atoms with Gasteiger partial charge in [-0.15, -0.1) is 0 Å². The zero-order chi connectivity index (χ0) is 16.7. The molecule has 1 saturated carbocycles. The second-order valence-electron chi connectivity index (χ2n) is 8.29. The Kier molecular flexibility index (Phi) is 4.31. The van der Waals surface area contributed by atoms with Crippen molar-refractivity contribution in [3.63, 3.8) is 0 Å². The maximum atomic E-state index is 6.42. The quantitative estimate of drug-likeness (QED) is 0.788. The van der Waals surface area contributed by atoms with E-state index in [-0.39, 0.29) is 5.04 Å². The van der Waals surface area contributed by atoms with Gasteiger partial charge in [0.2, 0.25) is 0 Å². The third kappa shape index (κ3) is 3.33. The van der Waals surface area contributed by atoms with Crippen molar-refractivity contribution in [3.05, 3.63) is 18.9 Å². The van der Waals surface area contributed by atoms with Crippen molar-refractivity contribution >= 4 is 19.5 Å². The molecule has 0 aliphatic heterocycles. The highest BCUT2D eigenvalue weighted by Crippen LogP contribution is 2.40. The van der Waals surface area contributed by atoms with Crippen LogP contribution in [0.5, 0.6) is 0 Å². The smallest absolute Gasteiger partial charge is 0.191 e. The molecule has 0 spiro atoms. The Morgan fingerprint density at radius 2 is 2.04 bits per heavy atom. The Hall–Kier alpha value is -1.27. The van der Waals surface area contributed by atoms with Crippen LogP contribution in [-0.4, -0.2) is 34.4 Å². The van der Waals surface area contributed by atoms with Crippen LogP contribution in [0, 0.1) is 5.92 Å². The summed E-state index contributed by atoms with van der Waals surface area (Å²) in [5, 5.41) is 0.280. The second kappa shape index (κ2) is 5.98. The van der Waals surface area contributed by atoms with Crippen LogP contribution >= 0.6 is 0 Å². The summed E-state index contributed by atoms with van der Waals surface area (Å²) in [6, 6.07) is 0.489. The third-order valence-electron chi connectivity index (χ3n) is 5.63. The van der Waals surface area contributed by atoms with E-state index in [0.717, 1.165) is 24.2 Å². The molecule has 0 saturated heterocycles. The molecule has 2 atom stereocenters. The fourth-order valence-electron chi connectivity index (χ4n) is 3.05. The zero-order valence-electron chi connectivity index (χ0n) is 14.9. The van der Waals surface area contributed by atoms with E-state index in [9.17, 15) is 0 Å². The lowest BCUT2D eigenvalue weighted by Crippen LogP contribution is -2.41. The molecule has 3 rings (SSSR count). The van der Waals surface area contributed by atoms with E-state index in [2.05, 4.69) is 53.4 Å². The van der Waals surface area contributed by atoms with E-state index >= 15 is 0 Å². The minimum atomic E-state index is -1.64. The Morgan fingerprint density at radius 1 is 1.26 bits per heavy atom. The summed E-state index contributed by atoms with van der Waals surface area (Å²) in [4.78, 5) is 12.9. The lowest BCUT2D eigenvalue weighted by molar-refractivity contribution is 0.227. The Morgan fingerprint density at radius 3 is 2.78 bits per heavy atom. The highest BCUT2D eigenvalue weighted by atomic mass is 28.4. The first kappa shape index (κ1) is 16.6. The molecule has 126 valence electrons. The van der Waals surface area contributed by atoms with Crippen LogP contribution in [0.2, 0.25) is 18.1 Å². The predicted octanol–water partition coefficient (Wildman–Crippen LogP) is 4.19. The summed E-state index contributed by atoms with van der Waals surface area (Å²) in [5.41, 5.74) is 1.84. The van der Waals surface area contributed by atoms with Crippen molar-refractivity contribution in [3.8, 4) is 0 Å². The van der Waals surface area contributed by atoms with Crippen LogP contribution < -0.4 is 0 Å². The maximum Gasteiger partial charge on any atom is 0.191 e. The molecule has 23 heavy (non-hydrogen) atoms. The van der Waals surface area contributed by atoms with Crippen molar-refractivity contribution in [1.29, 1.82) is 0 Å². The molecule has 2 aromatic rings. The third-order valence-corrected chi connectivity index (χ3v) is 10.1. The van der Waals surface area contributed by atoms with E-state index in [4.69, 9.17) is 4.43 Å². The molecule has 2 aromatic heterocycles. The Labute approximate surface area is 139 Å². The van der Waals surface area contributed by atoms with Crippen molar-refractivity contribution in [2.45, 2.75) is 64.2 Å². The van der Waals surface area contributed by atoms with Gasteiger partial charge in [-0.3, -0.25) is 0 Å². The Bertz CT molecular complexity index is 677. The second-order valence-corrected chi connectivity index (χ2v) is 13.1. The number of hydrogen-bond acceptors (Lipinski definition) is 4. The van der Waals surface area contributed by atoms with Gasteiger partial charge in [-0.2, -0.15) is 0 Å². The van der Waals surface area contributed by atoms with Crippen molar-refractivity contribution in [2.75, 3.05) is 6.61 Å². The summed E-state index contributed by atoms with van der Waals surface area (Å²) in [5.74, 6) is 0.647. The molecule has 1 aliphatic rings. The highest BCUT2D eigenvalue weighted by Gasteiger charge is 2.38. The fourth-order valence-corrected chi connectivity index (χ4v) is 4.13. The van der Waals surface area contributed by atoms with Gasteiger partial charge >= 0.3 is 0 Å². The van der Waals surface area contributed by atoms with E-state index in [0.29, 0.717) is 12.0 Å². The average Bonchev–Trinajstić information content (AvgIpc) is 3.10. The topological polar surface area (TPSA) is 52.8 Å². The average molecular weight is 333 g/mol. The molecule has 0 radical (unpaired) electrons. The highest BCUT2D eigenvalue weighted by molar-refractivity contribution is 6.74. The van der Waals surface area contributed by atoms with Gasteiger partial charge < -0.3 is 8.99 Å². The molecule has 1 fully saturated rings. The molecule has 0 unspecified atom stereocenters. The summed E-state index contributed by atoms with van der Waals surface area (Å²) in [6.45, 7) is 12.5.